The lowest BCUT2D eigenvalue weighted by atomic mass is 9.91. The van der Waals surface area contributed by atoms with Crippen molar-refractivity contribution in [2.75, 3.05) is 42.0 Å². The number of primary amides is 1. The summed E-state index contributed by atoms with van der Waals surface area (Å²) in [7, 11) is 8.86. The van der Waals surface area contributed by atoms with E-state index in [1.54, 1.807) is 28.3 Å². The second-order valence-corrected chi connectivity index (χ2v) is 8.25. The zero-order valence-corrected chi connectivity index (χ0v) is 24.2. The normalized spacial score (nSPS) is 17.0. The molecule has 0 saturated carbocycles. The topological polar surface area (TPSA) is 83.3 Å². The molecule has 1 aromatic rings. The number of hydrogen-bond donors (Lipinski definition) is 2. The molecule has 7 nitrogen and oxygen atoms in total. The number of carbonyl (C=O) groups excluding carboxylic acids is 1. The molecule has 1 fully saturated rings. The zero-order chi connectivity index (χ0) is 27.5. The first-order valence-corrected chi connectivity index (χ1v) is 12.7. The Kier molecular flexibility index (Phi) is 18.4. The van der Waals surface area contributed by atoms with Crippen molar-refractivity contribution in [1.29, 1.82) is 0 Å². The molecular formula is C28H46N2O5S. The molecule has 3 rings (SSSR count). The van der Waals surface area contributed by atoms with Gasteiger partial charge >= 0.3 is 0 Å². The molecule has 0 bridgehead atoms. The van der Waals surface area contributed by atoms with Crippen LogP contribution in [-0.4, -0.2) is 58.9 Å². The lowest BCUT2D eigenvalue weighted by molar-refractivity contribution is -0.117. The van der Waals surface area contributed by atoms with E-state index in [1.807, 2.05) is 19.9 Å². The van der Waals surface area contributed by atoms with E-state index >= 15 is 0 Å². The lowest BCUT2D eigenvalue weighted by Crippen LogP contribution is -2.34. The van der Waals surface area contributed by atoms with Gasteiger partial charge in [-0.3, -0.25) is 9.69 Å². The number of thiol groups is 1. The number of fused-ring (bicyclic) bond motifs is 1. The number of benzene rings is 1. The van der Waals surface area contributed by atoms with E-state index < -0.39 is 0 Å². The summed E-state index contributed by atoms with van der Waals surface area (Å²) in [6.45, 7) is 6.81. The van der Waals surface area contributed by atoms with E-state index in [0.717, 1.165) is 49.5 Å². The van der Waals surface area contributed by atoms with Crippen molar-refractivity contribution >= 4 is 18.8 Å². The fourth-order valence-corrected chi connectivity index (χ4v) is 3.88. The SMILES string of the molecule is CC.CCC(N)=O.COC1=C(OC)CC=C2C(=C1)CCCN(C)[C@@H]2Cc1cccc(OC)c1.COS. The van der Waals surface area contributed by atoms with Crippen molar-refractivity contribution in [2.24, 2.45) is 5.73 Å². The van der Waals surface area contributed by atoms with Crippen molar-refractivity contribution in [2.45, 2.75) is 58.9 Å². The average Bonchev–Trinajstić information content (AvgIpc) is 3.16. The van der Waals surface area contributed by atoms with Crippen molar-refractivity contribution in [3.8, 4) is 5.75 Å². The smallest absolute Gasteiger partial charge is 0.217 e. The highest BCUT2D eigenvalue weighted by Crippen LogP contribution is 2.34. The molecule has 8 heteroatoms. The molecule has 1 aliphatic heterocycles. The summed E-state index contributed by atoms with van der Waals surface area (Å²) in [5.41, 5.74) is 8.71. The van der Waals surface area contributed by atoms with Crippen molar-refractivity contribution < 1.29 is 23.2 Å². The molecule has 36 heavy (non-hydrogen) atoms. The number of likely N-dealkylation sites (N-methyl/N-ethyl adjacent to an activating group) is 1. The molecule has 0 aromatic heterocycles. The number of rotatable bonds is 6. The summed E-state index contributed by atoms with van der Waals surface area (Å²) >= 11 is 3.29. The highest BCUT2D eigenvalue weighted by Gasteiger charge is 2.27. The van der Waals surface area contributed by atoms with Gasteiger partial charge in [0.05, 0.1) is 21.3 Å². The van der Waals surface area contributed by atoms with Crippen LogP contribution in [0.4, 0.5) is 0 Å². The molecule has 1 amide bonds. The summed E-state index contributed by atoms with van der Waals surface area (Å²) < 4.78 is 20.5. The van der Waals surface area contributed by atoms with Crippen LogP contribution >= 0.6 is 12.9 Å². The second-order valence-electron chi connectivity index (χ2n) is 7.89. The van der Waals surface area contributed by atoms with E-state index in [2.05, 4.69) is 65.1 Å². The number of amides is 1. The van der Waals surface area contributed by atoms with E-state index in [4.69, 9.17) is 14.2 Å². The maximum atomic E-state index is 9.59. The highest BCUT2D eigenvalue weighted by molar-refractivity contribution is 7.75. The molecular weight excluding hydrogens is 476 g/mol. The number of nitrogens with zero attached hydrogens (tertiary/aromatic N) is 1. The van der Waals surface area contributed by atoms with Gasteiger partial charge in [-0.2, -0.15) is 0 Å². The average molecular weight is 523 g/mol. The fraction of sp³-hybridized carbons (Fsp3) is 0.536. The largest absolute Gasteiger partial charge is 0.497 e. The standard InChI is InChI=1S/C22H29NO3.C3H7NO.C2H6.CH4OS/c1-23-12-6-8-17-15-22(26-4)21(25-3)11-10-19(17)20(23)14-16-7-5-9-18(13-16)24-2;1-2-3(4)5;1-2;1-2-3/h5,7,9-10,13,15,20H,6,8,11-12,14H2,1-4H3;2H2,1H3,(H2,4,5);1-2H3;3H,1H3/t20-;;;/m1.../s1. The van der Waals surface area contributed by atoms with Crippen molar-refractivity contribution in [3.05, 3.63) is 64.6 Å². The first-order valence-electron chi connectivity index (χ1n) is 12.4. The van der Waals surface area contributed by atoms with Gasteiger partial charge in [0.15, 0.2) is 5.76 Å². The van der Waals surface area contributed by atoms with Crippen LogP contribution in [-0.2, 0) is 24.9 Å². The summed E-state index contributed by atoms with van der Waals surface area (Å²) in [5, 5.41) is 0. The quantitative estimate of drug-likeness (QED) is 0.380. The first-order chi connectivity index (χ1) is 17.3. The van der Waals surface area contributed by atoms with Crippen molar-refractivity contribution in [3.63, 3.8) is 0 Å². The van der Waals surface area contributed by atoms with Crippen LogP contribution in [0.1, 0.15) is 52.0 Å². The molecule has 204 valence electrons. The molecule has 0 spiro atoms. The fourth-order valence-electron chi connectivity index (χ4n) is 3.88. The molecule has 1 aliphatic carbocycles. The van der Waals surface area contributed by atoms with Gasteiger partial charge in [0.2, 0.25) is 5.91 Å². The Morgan fingerprint density at radius 1 is 1.14 bits per heavy atom. The van der Waals surface area contributed by atoms with E-state index in [0.29, 0.717) is 12.5 Å². The second kappa shape index (κ2) is 19.7. The Bertz CT molecular complexity index is 867. The number of hydrogen-bond acceptors (Lipinski definition) is 7. The van der Waals surface area contributed by atoms with E-state index in [9.17, 15) is 4.79 Å². The maximum Gasteiger partial charge on any atom is 0.217 e. The number of methoxy groups -OCH3 is 3. The maximum absolute atomic E-state index is 9.59. The van der Waals surface area contributed by atoms with Gasteiger partial charge in [0.25, 0.3) is 0 Å². The molecule has 2 N–H and O–H groups in total. The molecule has 1 aromatic carbocycles. The van der Waals surface area contributed by atoms with Gasteiger partial charge in [-0.15, -0.1) is 0 Å². The highest BCUT2D eigenvalue weighted by atomic mass is 32.1. The Labute approximate surface area is 223 Å². The van der Waals surface area contributed by atoms with E-state index in [1.165, 1.54) is 23.8 Å². The Morgan fingerprint density at radius 2 is 1.78 bits per heavy atom. The van der Waals surface area contributed by atoms with Crippen LogP contribution in [0.5, 0.6) is 5.75 Å². The number of allylic oxidation sites excluding steroid dienone is 2. The van der Waals surface area contributed by atoms with Gasteiger partial charge in [-0.05, 0) is 80.7 Å². The van der Waals surface area contributed by atoms with Crippen LogP contribution in [0.3, 0.4) is 0 Å². The monoisotopic (exact) mass is 522 g/mol. The third-order valence-electron chi connectivity index (χ3n) is 5.68. The van der Waals surface area contributed by atoms with E-state index in [-0.39, 0.29) is 5.91 Å². The Morgan fingerprint density at radius 3 is 2.31 bits per heavy atom. The van der Waals surface area contributed by atoms with Crippen LogP contribution in [0.25, 0.3) is 0 Å². The number of nitrogens with two attached hydrogens (primary N) is 1. The van der Waals surface area contributed by atoms with Crippen LogP contribution in [0.15, 0.2) is 59.1 Å². The number of ether oxygens (including phenoxy) is 3. The molecule has 1 saturated heterocycles. The van der Waals surface area contributed by atoms with Crippen LogP contribution < -0.4 is 10.5 Å². The van der Waals surface area contributed by atoms with Crippen molar-refractivity contribution in [1.82, 2.24) is 4.90 Å². The summed E-state index contributed by atoms with van der Waals surface area (Å²) in [4.78, 5) is 12.1. The third-order valence-corrected chi connectivity index (χ3v) is 5.68. The summed E-state index contributed by atoms with van der Waals surface area (Å²) in [5.74, 6) is 2.40. The molecule has 2 aliphatic rings. The minimum atomic E-state index is -0.245. The molecule has 1 atom stereocenters. The summed E-state index contributed by atoms with van der Waals surface area (Å²) in [6, 6.07) is 8.72. The minimum Gasteiger partial charge on any atom is -0.497 e. The molecule has 0 unspecified atom stereocenters. The van der Waals surface area contributed by atoms with Gasteiger partial charge < -0.3 is 24.1 Å². The number of carbonyl (C=O) groups is 1. The Hall–Kier alpha value is -2.42. The first kappa shape index (κ1) is 33.6. The van der Waals surface area contributed by atoms with Gasteiger partial charge in [-0.25, -0.2) is 0 Å². The Balaban J connectivity index is 0.00000106. The minimum absolute atomic E-state index is 0.245. The predicted molar refractivity (Wildman–Crippen MR) is 151 cm³/mol. The van der Waals surface area contributed by atoms with Crippen LogP contribution in [0.2, 0.25) is 0 Å². The van der Waals surface area contributed by atoms with Crippen LogP contribution in [0, 0.1) is 0 Å². The van der Waals surface area contributed by atoms with Gasteiger partial charge in [-0.1, -0.05) is 39.0 Å². The summed E-state index contributed by atoms with van der Waals surface area (Å²) in [6.07, 6.45) is 8.87. The molecule has 1 heterocycles. The number of likely N-dealkylation sites (tertiary alicyclic amines) is 1. The lowest BCUT2D eigenvalue weighted by Gasteiger charge is -2.28. The third kappa shape index (κ3) is 11.5. The van der Waals surface area contributed by atoms with Gasteiger partial charge in [0.1, 0.15) is 11.5 Å². The predicted octanol–water partition coefficient (Wildman–Crippen LogP) is 5.48. The molecule has 0 radical (unpaired) electrons. The van der Waals surface area contributed by atoms with Gasteiger partial charge in [0, 0.05) is 26.0 Å². The zero-order valence-electron chi connectivity index (χ0n) is 23.3.